The maximum atomic E-state index is 5.97. The number of piperazine rings is 1. The molecule has 2 N–H and O–H groups in total. The fourth-order valence-electron chi connectivity index (χ4n) is 3.39. The molecule has 1 aromatic rings. The predicted molar refractivity (Wildman–Crippen MR) is 120 cm³/mol. The number of aryl methyl sites for hydroxylation is 1. The first-order valence-corrected chi connectivity index (χ1v) is 10.8. The van der Waals surface area contributed by atoms with Crippen LogP contribution in [0.5, 0.6) is 5.75 Å². The molecule has 7 nitrogen and oxygen atoms in total. The van der Waals surface area contributed by atoms with Crippen molar-refractivity contribution >= 4 is 5.96 Å². The average molecular weight is 406 g/mol. The van der Waals surface area contributed by atoms with E-state index in [0.717, 1.165) is 56.4 Å². The van der Waals surface area contributed by atoms with Crippen LogP contribution in [0.4, 0.5) is 0 Å². The van der Waals surface area contributed by atoms with Gasteiger partial charge in [-0.3, -0.25) is 9.89 Å². The van der Waals surface area contributed by atoms with Crippen molar-refractivity contribution in [3.63, 3.8) is 0 Å². The van der Waals surface area contributed by atoms with E-state index < -0.39 is 0 Å². The average Bonchev–Trinajstić information content (AvgIpc) is 2.75. The van der Waals surface area contributed by atoms with Crippen molar-refractivity contribution in [1.29, 1.82) is 0 Å². The lowest BCUT2D eigenvalue weighted by Crippen LogP contribution is -2.49. The SMILES string of the molecule is CCN1CCN(CCNC(=NC)NCc2ccc(C)cc2OCCCOC)CC1. The third kappa shape index (κ3) is 8.60. The van der Waals surface area contributed by atoms with E-state index >= 15 is 0 Å². The molecule has 0 saturated carbocycles. The minimum atomic E-state index is 0.655. The first-order valence-electron chi connectivity index (χ1n) is 10.8. The van der Waals surface area contributed by atoms with Crippen LogP contribution in [-0.4, -0.2) is 88.9 Å². The van der Waals surface area contributed by atoms with Gasteiger partial charge in [0.15, 0.2) is 5.96 Å². The molecule has 0 amide bonds. The molecule has 7 heteroatoms. The molecule has 0 spiro atoms. The van der Waals surface area contributed by atoms with E-state index in [2.05, 4.69) is 57.5 Å². The van der Waals surface area contributed by atoms with E-state index in [1.54, 1.807) is 7.11 Å². The van der Waals surface area contributed by atoms with E-state index in [4.69, 9.17) is 9.47 Å². The number of methoxy groups -OCH3 is 1. The minimum absolute atomic E-state index is 0.655. The summed E-state index contributed by atoms with van der Waals surface area (Å²) in [4.78, 5) is 9.37. The molecule has 29 heavy (non-hydrogen) atoms. The Kier molecular flexibility index (Phi) is 10.8. The number of rotatable bonds is 11. The zero-order valence-electron chi connectivity index (χ0n) is 18.7. The molecule has 0 aromatic heterocycles. The van der Waals surface area contributed by atoms with Crippen molar-refractivity contribution in [2.24, 2.45) is 4.99 Å². The molecule has 0 atom stereocenters. The fourth-order valence-corrected chi connectivity index (χ4v) is 3.39. The lowest BCUT2D eigenvalue weighted by atomic mass is 10.1. The number of ether oxygens (including phenoxy) is 2. The second kappa shape index (κ2) is 13.4. The first-order chi connectivity index (χ1) is 14.2. The predicted octanol–water partition coefficient (Wildman–Crippen LogP) is 1.71. The van der Waals surface area contributed by atoms with Crippen LogP contribution in [0.1, 0.15) is 24.5 Å². The summed E-state index contributed by atoms with van der Waals surface area (Å²) < 4.78 is 11.1. The second-order valence-corrected chi connectivity index (χ2v) is 7.43. The highest BCUT2D eigenvalue weighted by Crippen LogP contribution is 2.20. The van der Waals surface area contributed by atoms with Gasteiger partial charge in [0, 0.05) is 78.6 Å². The van der Waals surface area contributed by atoms with Gasteiger partial charge in [0.05, 0.1) is 6.61 Å². The summed E-state index contributed by atoms with van der Waals surface area (Å²) in [6.07, 6.45) is 0.882. The van der Waals surface area contributed by atoms with E-state index in [-0.39, 0.29) is 0 Å². The molecule has 1 fully saturated rings. The maximum Gasteiger partial charge on any atom is 0.191 e. The van der Waals surface area contributed by atoms with Crippen molar-refractivity contribution < 1.29 is 9.47 Å². The number of hydrogen-bond acceptors (Lipinski definition) is 5. The Morgan fingerprint density at radius 3 is 2.55 bits per heavy atom. The molecule has 0 bridgehead atoms. The Balaban J connectivity index is 1.75. The van der Waals surface area contributed by atoms with Gasteiger partial charge >= 0.3 is 0 Å². The van der Waals surface area contributed by atoms with Crippen molar-refractivity contribution in [3.05, 3.63) is 29.3 Å². The summed E-state index contributed by atoms with van der Waals surface area (Å²) >= 11 is 0. The summed E-state index contributed by atoms with van der Waals surface area (Å²) in [5.74, 6) is 1.75. The lowest BCUT2D eigenvalue weighted by Gasteiger charge is -2.34. The molecular formula is C22H39N5O2. The number of aliphatic imine (C=N–C) groups is 1. The molecule has 0 aliphatic carbocycles. The highest BCUT2D eigenvalue weighted by atomic mass is 16.5. The number of likely N-dealkylation sites (N-methyl/N-ethyl adjacent to an activating group) is 1. The van der Waals surface area contributed by atoms with Crippen LogP contribution in [0, 0.1) is 6.92 Å². The van der Waals surface area contributed by atoms with Crippen LogP contribution >= 0.6 is 0 Å². The van der Waals surface area contributed by atoms with Gasteiger partial charge in [-0.15, -0.1) is 0 Å². The van der Waals surface area contributed by atoms with Crippen molar-refractivity contribution in [2.45, 2.75) is 26.8 Å². The van der Waals surface area contributed by atoms with Gasteiger partial charge < -0.3 is 25.0 Å². The van der Waals surface area contributed by atoms with Gasteiger partial charge in [-0.2, -0.15) is 0 Å². The third-order valence-corrected chi connectivity index (χ3v) is 5.28. The van der Waals surface area contributed by atoms with Crippen LogP contribution in [0.2, 0.25) is 0 Å². The van der Waals surface area contributed by atoms with E-state index in [1.165, 1.54) is 18.7 Å². The molecule has 0 unspecified atom stereocenters. The summed E-state index contributed by atoms with van der Waals surface area (Å²) in [7, 11) is 3.53. The highest BCUT2D eigenvalue weighted by Gasteiger charge is 2.14. The van der Waals surface area contributed by atoms with Crippen LogP contribution in [0.25, 0.3) is 0 Å². The lowest BCUT2D eigenvalue weighted by molar-refractivity contribution is 0.139. The van der Waals surface area contributed by atoms with Gasteiger partial charge in [-0.25, -0.2) is 0 Å². The van der Waals surface area contributed by atoms with Gasteiger partial charge in [-0.1, -0.05) is 19.1 Å². The molecule has 1 saturated heterocycles. The van der Waals surface area contributed by atoms with Gasteiger partial charge in [0.25, 0.3) is 0 Å². The van der Waals surface area contributed by atoms with Crippen molar-refractivity contribution in [2.75, 3.05) is 73.2 Å². The Hall–Kier alpha value is -1.83. The van der Waals surface area contributed by atoms with Crippen LogP contribution in [-0.2, 0) is 11.3 Å². The summed E-state index contributed by atoms with van der Waals surface area (Å²) in [5, 5.41) is 6.84. The third-order valence-electron chi connectivity index (χ3n) is 5.28. The van der Waals surface area contributed by atoms with E-state index in [0.29, 0.717) is 19.8 Å². The smallest absolute Gasteiger partial charge is 0.191 e. The Morgan fingerprint density at radius 1 is 1.10 bits per heavy atom. The molecule has 1 aliphatic rings. The normalized spacial score (nSPS) is 16.1. The second-order valence-electron chi connectivity index (χ2n) is 7.43. The van der Waals surface area contributed by atoms with Gasteiger partial charge in [0.2, 0.25) is 0 Å². The van der Waals surface area contributed by atoms with Crippen LogP contribution < -0.4 is 15.4 Å². The largest absolute Gasteiger partial charge is 0.493 e. The van der Waals surface area contributed by atoms with Gasteiger partial charge in [0.1, 0.15) is 5.75 Å². The van der Waals surface area contributed by atoms with Crippen LogP contribution in [0.3, 0.4) is 0 Å². The number of nitrogens with one attached hydrogen (secondary N) is 2. The topological polar surface area (TPSA) is 61.4 Å². The van der Waals surface area contributed by atoms with E-state index in [9.17, 15) is 0 Å². The van der Waals surface area contributed by atoms with Crippen molar-refractivity contribution in [1.82, 2.24) is 20.4 Å². The first kappa shape index (κ1) is 23.4. The van der Waals surface area contributed by atoms with Gasteiger partial charge in [-0.05, 0) is 25.1 Å². The number of hydrogen-bond donors (Lipinski definition) is 2. The summed E-state index contributed by atoms with van der Waals surface area (Å²) in [6.45, 7) is 14.1. The number of nitrogens with zero attached hydrogens (tertiary/aromatic N) is 3. The Bertz CT molecular complexity index is 615. The molecule has 164 valence electrons. The fraction of sp³-hybridized carbons (Fsp3) is 0.682. The van der Waals surface area contributed by atoms with Crippen LogP contribution in [0.15, 0.2) is 23.2 Å². The Morgan fingerprint density at radius 2 is 1.86 bits per heavy atom. The van der Waals surface area contributed by atoms with Crippen molar-refractivity contribution in [3.8, 4) is 5.75 Å². The zero-order chi connectivity index (χ0) is 20.9. The number of guanidine groups is 1. The molecule has 0 radical (unpaired) electrons. The monoisotopic (exact) mass is 405 g/mol. The molecule has 2 rings (SSSR count). The maximum absolute atomic E-state index is 5.97. The molecular weight excluding hydrogens is 366 g/mol. The summed E-state index contributed by atoms with van der Waals surface area (Å²) in [6, 6.07) is 6.33. The molecule has 1 aromatic carbocycles. The molecule has 1 aliphatic heterocycles. The highest BCUT2D eigenvalue weighted by molar-refractivity contribution is 5.79. The molecule has 1 heterocycles. The zero-order valence-corrected chi connectivity index (χ0v) is 18.7. The Labute approximate surface area is 176 Å². The standard InChI is InChI=1S/C22H39N5O2/c1-5-26-11-13-27(14-12-26)10-9-24-22(23-3)25-18-20-8-7-19(2)17-21(20)29-16-6-15-28-4/h7-8,17H,5-6,9-16,18H2,1-4H3,(H2,23,24,25). The quantitative estimate of drug-likeness (QED) is 0.332. The summed E-state index contributed by atoms with van der Waals surface area (Å²) in [5.41, 5.74) is 2.33. The minimum Gasteiger partial charge on any atom is -0.493 e. The van der Waals surface area contributed by atoms with E-state index in [1.807, 2.05) is 7.05 Å². The number of benzene rings is 1.